The first-order chi connectivity index (χ1) is 12.8. The van der Waals surface area contributed by atoms with Gasteiger partial charge in [0.05, 0.1) is 13.5 Å². The zero-order chi connectivity index (χ0) is 18.2. The molecular formula is C19H21N5O2. The van der Waals surface area contributed by atoms with Gasteiger partial charge in [-0.25, -0.2) is 0 Å². The average Bonchev–Trinajstić information content (AvgIpc) is 3.21. The van der Waals surface area contributed by atoms with Gasteiger partial charge in [0.15, 0.2) is 5.82 Å². The Balaban J connectivity index is 1.42. The predicted molar refractivity (Wildman–Crippen MR) is 99.6 cm³/mol. The van der Waals surface area contributed by atoms with Crippen LogP contribution in [0.15, 0.2) is 60.9 Å². The van der Waals surface area contributed by atoms with Crippen molar-refractivity contribution in [1.29, 1.82) is 0 Å². The van der Waals surface area contributed by atoms with Gasteiger partial charge in [0.1, 0.15) is 11.6 Å². The molecule has 0 unspecified atom stereocenters. The van der Waals surface area contributed by atoms with E-state index >= 15 is 0 Å². The lowest BCUT2D eigenvalue weighted by Crippen LogP contribution is -2.30. The molecule has 26 heavy (non-hydrogen) atoms. The summed E-state index contributed by atoms with van der Waals surface area (Å²) in [6.07, 6.45) is 4.11. The van der Waals surface area contributed by atoms with E-state index in [1.807, 2.05) is 65.5 Å². The zero-order valence-electron chi connectivity index (χ0n) is 14.6. The Kier molecular flexibility index (Phi) is 5.82. The summed E-state index contributed by atoms with van der Waals surface area (Å²) in [5, 5.41) is 14.3. The van der Waals surface area contributed by atoms with E-state index in [2.05, 4.69) is 20.8 Å². The largest absolute Gasteiger partial charge is 0.496 e. The van der Waals surface area contributed by atoms with Gasteiger partial charge in [0.2, 0.25) is 5.91 Å². The fraction of sp³-hybridized carbons (Fsp3) is 0.211. The van der Waals surface area contributed by atoms with Crippen LogP contribution in [0.5, 0.6) is 5.75 Å². The Morgan fingerprint density at radius 1 is 1.04 bits per heavy atom. The molecule has 0 aliphatic heterocycles. The molecule has 0 saturated heterocycles. The van der Waals surface area contributed by atoms with Crippen LogP contribution in [0.25, 0.3) is 5.82 Å². The molecule has 0 bridgehead atoms. The third-order valence-corrected chi connectivity index (χ3v) is 3.82. The first kappa shape index (κ1) is 17.5. The number of ether oxygens (including phenoxy) is 1. The molecule has 7 heteroatoms. The van der Waals surface area contributed by atoms with E-state index in [0.29, 0.717) is 18.9 Å². The van der Waals surface area contributed by atoms with Crippen LogP contribution in [-0.2, 0) is 11.2 Å². The van der Waals surface area contributed by atoms with Crippen LogP contribution in [-0.4, -0.2) is 40.9 Å². The van der Waals surface area contributed by atoms with Gasteiger partial charge in [-0.1, -0.05) is 18.2 Å². The maximum atomic E-state index is 12.0. The van der Waals surface area contributed by atoms with Crippen LogP contribution in [0.4, 0.5) is 5.82 Å². The molecule has 134 valence electrons. The van der Waals surface area contributed by atoms with Crippen LogP contribution >= 0.6 is 0 Å². The van der Waals surface area contributed by atoms with Crippen molar-refractivity contribution in [2.24, 2.45) is 0 Å². The number of methoxy groups -OCH3 is 1. The topological polar surface area (TPSA) is 81.1 Å². The number of hydrogen-bond donors (Lipinski definition) is 2. The second-order valence-electron chi connectivity index (χ2n) is 5.63. The molecule has 1 aromatic carbocycles. The molecular weight excluding hydrogens is 330 g/mol. The van der Waals surface area contributed by atoms with Crippen LogP contribution in [0.3, 0.4) is 0 Å². The third kappa shape index (κ3) is 4.60. The number of rotatable bonds is 8. The van der Waals surface area contributed by atoms with E-state index in [4.69, 9.17) is 4.74 Å². The Morgan fingerprint density at radius 3 is 2.58 bits per heavy atom. The van der Waals surface area contributed by atoms with Gasteiger partial charge in [0.25, 0.3) is 0 Å². The van der Waals surface area contributed by atoms with Crippen molar-refractivity contribution in [3.05, 3.63) is 66.5 Å². The van der Waals surface area contributed by atoms with E-state index in [1.54, 1.807) is 7.11 Å². The summed E-state index contributed by atoms with van der Waals surface area (Å²) in [6.45, 7) is 1.06. The summed E-state index contributed by atoms with van der Waals surface area (Å²) in [6, 6.07) is 15.1. The molecule has 3 aromatic rings. The average molecular weight is 351 g/mol. The number of carbonyl (C=O) groups is 1. The number of nitrogens with one attached hydrogen (secondary N) is 2. The summed E-state index contributed by atoms with van der Waals surface area (Å²) in [4.78, 5) is 12.0. The van der Waals surface area contributed by atoms with Crippen molar-refractivity contribution in [1.82, 2.24) is 20.1 Å². The number of carbonyl (C=O) groups excluding carboxylic acids is 1. The summed E-state index contributed by atoms with van der Waals surface area (Å²) in [7, 11) is 1.60. The number of amides is 1. The van der Waals surface area contributed by atoms with Gasteiger partial charge in [-0.2, -0.15) is 0 Å². The van der Waals surface area contributed by atoms with E-state index in [-0.39, 0.29) is 12.3 Å². The van der Waals surface area contributed by atoms with Crippen molar-refractivity contribution >= 4 is 11.7 Å². The first-order valence-electron chi connectivity index (χ1n) is 8.36. The minimum Gasteiger partial charge on any atom is -0.496 e. The Hall–Kier alpha value is -3.35. The van der Waals surface area contributed by atoms with Crippen LogP contribution in [0.1, 0.15) is 5.56 Å². The lowest BCUT2D eigenvalue weighted by molar-refractivity contribution is -0.120. The Bertz CT molecular complexity index is 831. The maximum Gasteiger partial charge on any atom is 0.224 e. The van der Waals surface area contributed by atoms with Crippen LogP contribution in [0, 0.1) is 0 Å². The molecule has 0 fully saturated rings. The minimum atomic E-state index is -0.0506. The number of para-hydroxylation sites is 1. The molecule has 0 aliphatic rings. The van der Waals surface area contributed by atoms with Crippen molar-refractivity contribution in [3.63, 3.8) is 0 Å². The van der Waals surface area contributed by atoms with Gasteiger partial charge < -0.3 is 19.9 Å². The smallest absolute Gasteiger partial charge is 0.224 e. The molecule has 2 N–H and O–H groups in total. The quantitative estimate of drug-likeness (QED) is 0.607. The lowest BCUT2D eigenvalue weighted by Gasteiger charge is -2.10. The number of aromatic nitrogens is 3. The summed E-state index contributed by atoms with van der Waals surface area (Å²) >= 11 is 0. The van der Waals surface area contributed by atoms with Gasteiger partial charge >= 0.3 is 0 Å². The number of nitrogens with zero attached hydrogens (tertiary/aromatic N) is 3. The molecule has 0 saturated carbocycles. The Labute approximate surface area is 152 Å². The number of hydrogen-bond acceptors (Lipinski definition) is 5. The zero-order valence-corrected chi connectivity index (χ0v) is 14.6. The summed E-state index contributed by atoms with van der Waals surface area (Å²) < 4.78 is 7.14. The lowest BCUT2D eigenvalue weighted by atomic mass is 10.1. The Morgan fingerprint density at radius 2 is 1.85 bits per heavy atom. The summed E-state index contributed by atoms with van der Waals surface area (Å²) in [5.41, 5.74) is 0.868. The van der Waals surface area contributed by atoms with Crippen molar-refractivity contribution in [2.75, 3.05) is 25.5 Å². The SMILES string of the molecule is COc1ccccc1CC(=O)NCCNc1ccc(-n2cccc2)nn1. The van der Waals surface area contributed by atoms with E-state index in [9.17, 15) is 4.79 Å². The molecule has 1 amide bonds. The van der Waals surface area contributed by atoms with Crippen molar-refractivity contribution < 1.29 is 9.53 Å². The van der Waals surface area contributed by atoms with E-state index in [1.165, 1.54) is 0 Å². The second kappa shape index (κ2) is 8.66. The molecule has 0 aliphatic carbocycles. The van der Waals surface area contributed by atoms with Gasteiger partial charge in [0, 0.05) is 31.0 Å². The standard InChI is InChI=1S/C19H21N5O2/c1-26-16-7-3-2-6-15(16)14-19(25)21-11-10-20-17-8-9-18(23-22-17)24-12-4-5-13-24/h2-9,12-13H,10-11,14H2,1H3,(H,20,22)(H,21,25). The highest BCUT2D eigenvalue weighted by Gasteiger charge is 2.07. The monoisotopic (exact) mass is 351 g/mol. The van der Waals surface area contributed by atoms with Crippen LogP contribution < -0.4 is 15.4 Å². The molecule has 2 heterocycles. The van der Waals surface area contributed by atoms with Gasteiger partial charge in [-0.15, -0.1) is 10.2 Å². The molecule has 7 nitrogen and oxygen atoms in total. The third-order valence-electron chi connectivity index (χ3n) is 3.82. The maximum absolute atomic E-state index is 12.0. The predicted octanol–water partition coefficient (Wildman–Crippen LogP) is 2.05. The normalized spacial score (nSPS) is 10.3. The first-order valence-corrected chi connectivity index (χ1v) is 8.36. The summed E-state index contributed by atoms with van der Waals surface area (Å²) in [5.74, 6) is 2.09. The van der Waals surface area contributed by atoms with Crippen molar-refractivity contribution in [3.8, 4) is 11.6 Å². The highest BCUT2D eigenvalue weighted by atomic mass is 16.5. The fourth-order valence-electron chi connectivity index (χ4n) is 2.52. The molecule has 2 aromatic heterocycles. The highest BCUT2D eigenvalue weighted by Crippen LogP contribution is 2.17. The second-order valence-corrected chi connectivity index (χ2v) is 5.63. The molecule has 0 radical (unpaired) electrons. The molecule has 0 atom stereocenters. The van der Waals surface area contributed by atoms with Crippen LogP contribution in [0.2, 0.25) is 0 Å². The van der Waals surface area contributed by atoms with Gasteiger partial charge in [-0.05, 0) is 30.3 Å². The van der Waals surface area contributed by atoms with Crippen molar-refractivity contribution in [2.45, 2.75) is 6.42 Å². The fourth-order valence-corrected chi connectivity index (χ4v) is 2.52. The molecule has 0 spiro atoms. The highest BCUT2D eigenvalue weighted by molar-refractivity contribution is 5.79. The van der Waals surface area contributed by atoms with Gasteiger partial charge in [-0.3, -0.25) is 4.79 Å². The van der Waals surface area contributed by atoms with E-state index < -0.39 is 0 Å². The van der Waals surface area contributed by atoms with E-state index in [0.717, 1.165) is 17.1 Å². The minimum absolute atomic E-state index is 0.0506. The number of anilines is 1. The molecule has 3 rings (SSSR count). The number of benzene rings is 1.